The molecule has 2 heterocycles. The molecule has 0 spiro atoms. The molecule has 3 rings (SSSR count). The summed E-state index contributed by atoms with van der Waals surface area (Å²) in [6, 6.07) is 6.67. The van der Waals surface area contributed by atoms with Gasteiger partial charge in [-0.25, -0.2) is 0 Å². The van der Waals surface area contributed by atoms with Crippen molar-refractivity contribution in [1.29, 1.82) is 0 Å². The fourth-order valence-corrected chi connectivity index (χ4v) is 3.28. The lowest BCUT2D eigenvalue weighted by Gasteiger charge is -2.36. The van der Waals surface area contributed by atoms with Crippen molar-refractivity contribution in [3.05, 3.63) is 23.8 Å². The van der Waals surface area contributed by atoms with Crippen LogP contribution in [0.4, 0.5) is 5.69 Å². The van der Waals surface area contributed by atoms with Crippen LogP contribution in [0.15, 0.2) is 18.2 Å². The van der Waals surface area contributed by atoms with Crippen LogP contribution >= 0.6 is 0 Å². The van der Waals surface area contributed by atoms with Gasteiger partial charge < -0.3 is 15.0 Å². The molecule has 2 aliphatic rings. The number of carbonyl (C=O) groups is 1. The monoisotopic (exact) mass is 302 g/mol. The third kappa shape index (κ3) is 3.06. The molecule has 1 saturated heterocycles. The quantitative estimate of drug-likeness (QED) is 0.913. The van der Waals surface area contributed by atoms with Crippen LogP contribution in [0.2, 0.25) is 0 Å². The number of likely N-dealkylation sites (tertiary alicyclic amines) is 1. The van der Waals surface area contributed by atoms with E-state index in [9.17, 15) is 4.79 Å². The highest BCUT2D eigenvalue weighted by Crippen LogP contribution is 2.32. The van der Waals surface area contributed by atoms with E-state index in [0.717, 1.165) is 44.7 Å². The summed E-state index contributed by atoms with van der Waals surface area (Å²) in [6.45, 7) is 8.46. The molecule has 1 aromatic rings. The first-order valence-electron chi connectivity index (χ1n) is 8.26. The standard InChI is InChI=1S/C18H26N2O2/c1-18(2,3)17(21)20-10-7-13(8-11-20)19-15-5-4-6-16-14(15)9-12-22-16/h4-6,13,19H,7-12H2,1-3H3. The van der Waals surface area contributed by atoms with Gasteiger partial charge >= 0.3 is 0 Å². The fraction of sp³-hybridized carbons (Fsp3) is 0.611. The van der Waals surface area contributed by atoms with E-state index in [-0.39, 0.29) is 11.3 Å². The van der Waals surface area contributed by atoms with Gasteiger partial charge in [-0.15, -0.1) is 0 Å². The van der Waals surface area contributed by atoms with Crippen molar-refractivity contribution in [3.8, 4) is 5.75 Å². The van der Waals surface area contributed by atoms with Gasteiger partial charge in [0.15, 0.2) is 0 Å². The summed E-state index contributed by atoms with van der Waals surface area (Å²) in [7, 11) is 0. The minimum absolute atomic E-state index is 0.264. The summed E-state index contributed by atoms with van der Waals surface area (Å²) in [6.07, 6.45) is 3.00. The average Bonchev–Trinajstić information content (AvgIpc) is 2.96. The van der Waals surface area contributed by atoms with Crippen LogP contribution in [0.1, 0.15) is 39.2 Å². The number of anilines is 1. The highest BCUT2D eigenvalue weighted by Gasteiger charge is 2.30. The molecule has 1 N–H and O–H groups in total. The third-order valence-electron chi connectivity index (χ3n) is 4.53. The van der Waals surface area contributed by atoms with E-state index in [4.69, 9.17) is 4.74 Å². The van der Waals surface area contributed by atoms with Crippen LogP contribution in [0.25, 0.3) is 0 Å². The van der Waals surface area contributed by atoms with Crippen molar-refractivity contribution in [2.45, 2.75) is 46.1 Å². The topological polar surface area (TPSA) is 41.6 Å². The van der Waals surface area contributed by atoms with Gasteiger partial charge in [-0.3, -0.25) is 4.79 Å². The third-order valence-corrected chi connectivity index (χ3v) is 4.53. The normalized spacial score (nSPS) is 18.8. The minimum Gasteiger partial charge on any atom is -0.493 e. The Morgan fingerprint density at radius 1 is 1.27 bits per heavy atom. The van der Waals surface area contributed by atoms with Crippen LogP contribution in [-0.2, 0) is 11.2 Å². The number of piperidine rings is 1. The Labute approximate surface area is 132 Å². The zero-order valence-electron chi connectivity index (χ0n) is 13.8. The Morgan fingerprint density at radius 3 is 2.68 bits per heavy atom. The van der Waals surface area contributed by atoms with Crippen LogP contribution in [0, 0.1) is 5.41 Å². The number of rotatable bonds is 2. The number of hydrogen-bond acceptors (Lipinski definition) is 3. The smallest absolute Gasteiger partial charge is 0.227 e. The highest BCUT2D eigenvalue weighted by atomic mass is 16.5. The SMILES string of the molecule is CC(C)(C)C(=O)N1CCC(Nc2cccc3c2CCO3)CC1. The molecule has 4 heteroatoms. The van der Waals surface area contributed by atoms with Crippen molar-refractivity contribution >= 4 is 11.6 Å². The Bertz CT molecular complexity index is 555. The Morgan fingerprint density at radius 2 is 2.00 bits per heavy atom. The molecule has 1 aromatic carbocycles. The highest BCUT2D eigenvalue weighted by molar-refractivity contribution is 5.81. The lowest BCUT2D eigenvalue weighted by atomic mass is 9.93. The molecule has 1 amide bonds. The predicted octanol–water partition coefficient (Wildman–Crippen LogP) is 3.07. The molecule has 0 saturated carbocycles. The van der Waals surface area contributed by atoms with Crippen molar-refractivity contribution in [2.75, 3.05) is 25.0 Å². The van der Waals surface area contributed by atoms with Crippen LogP contribution in [0.5, 0.6) is 5.75 Å². The molecule has 0 atom stereocenters. The number of amides is 1. The zero-order chi connectivity index (χ0) is 15.7. The largest absolute Gasteiger partial charge is 0.493 e. The maximum Gasteiger partial charge on any atom is 0.227 e. The second kappa shape index (κ2) is 5.82. The molecule has 4 nitrogen and oxygen atoms in total. The first-order chi connectivity index (χ1) is 10.4. The number of nitrogens with one attached hydrogen (secondary N) is 1. The summed E-state index contributed by atoms with van der Waals surface area (Å²) in [4.78, 5) is 14.3. The summed E-state index contributed by atoms with van der Waals surface area (Å²) in [5.41, 5.74) is 2.23. The van der Waals surface area contributed by atoms with Gasteiger partial charge in [0.2, 0.25) is 5.91 Å². The maximum atomic E-state index is 12.3. The van der Waals surface area contributed by atoms with E-state index in [1.807, 2.05) is 37.8 Å². The van der Waals surface area contributed by atoms with Crippen molar-refractivity contribution in [2.24, 2.45) is 5.41 Å². The number of carbonyl (C=O) groups excluding carboxylic acids is 1. The van der Waals surface area contributed by atoms with Crippen LogP contribution < -0.4 is 10.1 Å². The number of ether oxygens (including phenoxy) is 1. The predicted molar refractivity (Wildman–Crippen MR) is 88.3 cm³/mol. The minimum atomic E-state index is -0.280. The number of benzene rings is 1. The maximum absolute atomic E-state index is 12.3. The molecule has 2 aliphatic heterocycles. The van der Waals surface area contributed by atoms with Gasteiger partial charge in [-0.1, -0.05) is 26.8 Å². The molecule has 0 radical (unpaired) electrons. The Balaban J connectivity index is 1.59. The molecule has 1 fully saturated rings. The summed E-state index contributed by atoms with van der Waals surface area (Å²) in [5, 5.41) is 3.66. The van der Waals surface area contributed by atoms with Crippen LogP contribution in [-0.4, -0.2) is 36.5 Å². The van der Waals surface area contributed by atoms with Gasteiger partial charge in [0, 0.05) is 42.2 Å². The molecule has 0 unspecified atom stereocenters. The van der Waals surface area contributed by atoms with E-state index in [2.05, 4.69) is 11.4 Å². The van der Waals surface area contributed by atoms with E-state index < -0.39 is 0 Å². The molecule has 22 heavy (non-hydrogen) atoms. The van der Waals surface area contributed by atoms with Crippen molar-refractivity contribution in [1.82, 2.24) is 4.90 Å². The van der Waals surface area contributed by atoms with Crippen LogP contribution in [0.3, 0.4) is 0 Å². The fourth-order valence-electron chi connectivity index (χ4n) is 3.28. The number of fused-ring (bicyclic) bond motifs is 1. The summed E-state index contributed by atoms with van der Waals surface area (Å²) < 4.78 is 5.62. The van der Waals surface area contributed by atoms with Crippen molar-refractivity contribution in [3.63, 3.8) is 0 Å². The van der Waals surface area contributed by atoms with E-state index in [1.165, 1.54) is 11.3 Å². The molecule has 0 aliphatic carbocycles. The zero-order valence-corrected chi connectivity index (χ0v) is 13.8. The second-order valence-electron chi connectivity index (χ2n) is 7.34. The molecule has 0 bridgehead atoms. The van der Waals surface area contributed by atoms with Gasteiger partial charge in [-0.2, -0.15) is 0 Å². The lowest BCUT2D eigenvalue weighted by Crippen LogP contribution is -2.46. The molecular weight excluding hydrogens is 276 g/mol. The van der Waals surface area contributed by atoms with E-state index in [1.54, 1.807) is 0 Å². The average molecular weight is 302 g/mol. The molecule has 120 valence electrons. The molecular formula is C18H26N2O2. The van der Waals surface area contributed by atoms with Gasteiger partial charge in [-0.05, 0) is 25.0 Å². The first kappa shape index (κ1) is 15.2. The van der Waals surface area contributed by atoms with Gasteiger partial charge in [0.25, 0.3) is 0 Å². The summed E-state index contributed by atoms with van der Waals surface area (Å²) in [5.74, 6) is 1.28. The Kier molecular flexibility index (Phi) is 4.02. The number of nitrogens with zero attached hydrogens (tertiary/aromatic N) is 1. The Hall–Kier alpha value is -1.71. The molecule has 0 aromatic heterocycles. The van der Waals surface area contributed by atoms with Crippen molar-refractivity contribution < 1.29 is 9.53 Å². The lowest BCUT2D eigenvalue weighted by molar-refractivity contribution is -0.140. The van der Waals surface area contributed by atoms with Gasteiger partial charge in [0.1, 0.15) is 5.75 Å². The summed E-state index contributed by atoms with van der Waals surface area (Å²) >= 11 is 0. The second-order valence-corrected chi connectivity index (χ2v) is 7.34. The van der Waals surface area contributed by atoms with E-state index in [0.29, 0.717) is 6.04 Å². The van der Waals surface area contributed by atoms with E-state index >= 15 is 0 Å². The number of hydrogen-bond donors (Lipinski definition) is 1. The first-order valence-corrected chi connectivity index (χ1v) is 8.26. The van der Waals surface area contributed by atoms with Gasteiger partial charge in [0.05, 0.1) is 6.61 Å².